The molecule has 0 amide bonds. The van der Waals surface area contributed by atoms with Gasteiger partial charge in [-0.25, -0.2) is 0 Å². The first kappa shape index (κ1) is 14.2. The number of benzene rings is 2. The first-order valence-corrected chi connectivity index (χ1v) is 7.59. The molecule has 0 radical (unpaired) electrons. The van der Waals surface area contributed by atoms with Gasteiger partial charge in [0.25, 0.3) is 0 Å². The highest BCUT2D eigenvalue weighted by atomic mass is 79.9. The summed E-state index contributed by atoms with van der Waals surface area (Å²) < 4.78 is 12.0. The molecule has 108 valence electrons. The summed E-state index contributed by atoms with van der Waals surface area (Å²) in [6, 6.07) is 11.5. The zero-order valence-electron chi connectivity index (χ0n) is 11.1. The molecule has 4 nitrogen and oxygen atoms in total. The van der Waals surface area contributed by atoms with Crippen LogP contribution < -0.4 is 20.5 Å². The van der Waals surface area contributed by atoms with Gasteiger partial charge in [0, 0.05) is 27.5 Å². The summed E-state index contributed by atoms with van der Waals surface area (Å²) in [4.78, 5) is 0.344. The fourth-order valence-electron chi connectivity index (χ4n) is 2.11. The molecule has 0 aliphatic carbocycles. The number of ether oxygens (including phenoxy) is 2. The lowest BCUT2D eigenvalue weighted by atomic mass is 10.1. The minimum absolute atomic E-state index is 0.344. The predicted octanol–water partition coefficient (Wildman–Crippen LogP) is 3.60. The highest BCUT2D eigenvalue weighted by Gasteiger charge is 2.13. The van der Waals surface area contributed by atoms with E-state index >= 15 is 0 Å². The van der Waals surface area contributed by atoms with Crippen LogP contribution >= 0.6 is 28.1 Å². The number of hydrogen-bond acceptors (Lipinski definition) is 4. The molecule has 0 saturated heterocycles. The minimum Gasteiger partial charge on any atom is -0.486 e. The number of nitrogens with one attached hydrogen (secondary N) is 1. The van der Waals surface area contributed by atoms with E-state index in [0.717, 1.165) is 32.9 Å². The van der Waals surface area contributed by atoms with E-state index in [1.54, 1.807) is 0 Å². The molecule has 6 heteroatoms. The van der Waals surface area contributed by atoms with Gasteiger partial charge in [-0.05, 0) is 30.3 Å². The quantitative estimate of drug-likeness (QED) is 0.814. The molecule has 3 N–H and O–H groups in total. The largest absolute Gasteiger partial charge is 0.486 e. The fraction of sp³-hybridized carbons (Fsp3) is 0.133. The van der Waals surface area contributed by atoms with Crippen molar-refractivity contribution in [1.29, 1.82) is 0 Å². The summed E-state index contributed by atoms with van der Waals surface area (Å²) in [5, 5.41) is 3.31. The van der Waals surface area contributed by atoms with Gasteiger partial charge in [0.05, 0.1) is 0 Å². The molecular formula is C15H13BrN2O2S. The molecule has 3 rings (SSSR count). The van der Waals surface area contributed by atoms with Crippen molar-refractivity contribution < 1.29 is 9.47 Å². The maximum Gasteiger partial charge on any atom is 0.163 e. The SMILES string of the molecule is NC(=S)c1cc(Br)ccc1Nc1ccc2c(c1)OCCO2. The second kappa shape index (κ2) is 5.91. The summed E-state index contributed by atoms with van der Waals surface area (Å²) in [5.74, 6) is 1.50. The van der Waals surface area contributed by atoms with Crippen molar-refractivity contribution in [2.24, 2.45) is 5.73 Å². The lowest BCUT2D eigenvalue weighted by Crippen LogP contribution is -2.15. The molecule has 2 aromatic carbocycles. The summed E-state index contributed by atoms with van der Waals surface area (Å²) in [6.45, 7) is 1.14. The Kier molecular flexibility index (Phi) is 3.98. The Labute approximate surface area is 136 Å². The number of halogens is 1. The molecule has 1 heterocycles. The fourth-order valence-corrected chi connectivity index (χ4v) is 2.64. The van der Waals surface area contributed by atoms with Gasteiger partial charge in [-0.1, -0.05) is 28.1 Å². The average molecular weight is 365 g/mol. The molecule has 0 unspecified atom stereocenters. The van der Waals surface area contributed by atoms with E-state index in [1.165, 1.54) is 0 Å². The number of fused-ring (bicyclic) bond motifs is 1. The van der Waals surface area contributed by atoms with E-state index in [9.17, 15) is 0 Å². The molecule has 0 atom stereocenters. The number of thiocarbonyl (C=S) groups is 1. The third kappa shape index (κ3) is 3.11. The maximum atomic E-state index is 5.77. The predicted molar refractivity (Wildman–Crippen MR) is 90.7 cm³/mol. The highest BCUT2D eigenvalue weighted by Crippen LogP contribution is 2.34. The van der Waals surface area contributed by atoms with Crippen molar-refractivity contribution in [2.75, 3.05) is 18.5 Å². The Balaban J connectivity index is 1.92. The first-order chi connectivity index (χ1) is 10.1. The Morgan fingerprint density at radius 1 is 1.10 bits per heavy atom. The van der Waals surface area contributed by atoms with Gasteiger partial charge in [-0.15, -0.1) is 0 Å². The lowest BCUT2D eigenvalue weighted by Gasteiger charge is -2.19. The first-order valence-electron chi connectivity index (χ1n) is 6.39. The molecule has 1 aliphatic heterocycles. The van der Waals surface area contributed by atoms with Crippen LogP contribution in [0.5, 0.6) is 11.5 Å². The zero-order chi connectivity index (χ0) is 14.8. The van der Waals surface area contributed by atoms with Crippen molar-refractivity contribution in [3.05, 3.63) is 46.4 Å². The van der Waals surface area contributed by atoms with Gasteiger partial charge in [-0.2, -0.15) is 0 Å². The number of rotatable bonds is 3. The normalized spacial score (nSPS) is 12.8. The van der Waals surface area contributed by atoms with Crippen LogP contribution in [-0.4, -0.2) is 18.2 Å². The van der Waals surface area contributed by atoms with Crippen molar-refractivity contribution in [2.45, 2.75) is 0 Å². The monoisotopic (exact) mass is 364 g/mol. The van der Waals surface area contributed by atoms with Gasteiger partial charge < -0.3 is 20.5 Å². The molecule has 0 aromatic heterocycles. The van der Waals surface area contributed by atoms with E-state index in [1.807, 2.05) is 36.4 Å². The second-order valence-electron chi connectivity index (χ2n) is 4.54. The van der Waals surface area contributed by atoms with Gasteiger partial charge >= 0.3 is 0 Å². The van der Waals surface area contributed by atoms with E-state index in [4.69, 9.17) is 27.4 Å². The summed E-state index contributed by atoms with van der Waals surface area (Å²) in [7, 11) is 0. The van der Waals surface area contributed by atoms with E-state index < -0.39 is 0 Å². The van der Waals surface area contributed by atoms with E-state index in [0.29, 0.717) is 18.2 Å². The van der Waals surface area contributed by atoms with Gasteiger partial charge in [-0.3, -0.25) is 0 Å². The average Bonchev–Trinajstić information content (AvgIpc) is 2.49. The topological polar surface area (TPSA) is 56.5 Å². The van der Waals surface area contributed by atoms with Crippen molar-refractivity contribution in [3.63, 3.8) is 0 Å². The Bertz CT molecular complexity index is 706. The number of hydrogen-bond donors (Lipinski definition) is 2. The molecule has 21 heavy (non-hydrogen) atoms. The molecular weight excluding hydrogens is 352 g/mol. The molecule has 0 spiro atoms. The molecule has 0 fully saturated rings. The zero-order valence-corrected chi connectivity index (χ0v) is 13.5. The smallest absolute Gasteiger partial charge is 0.163 e. The number of anilines is 2. The standard InChI is InChI=1S/C15H13BrN2O2S/c16-9-1-3-12(11(7-9)15(17)21)18-10-2-4-13-14(8-10)20-6-5-19-13/h1-4,7-8,18H,5-6H2,(H2,17,21). The van der Waals surface area contributed by atoms with E-state index in [2.05, 4.69) is 21.2 Å². The highest BCUT2D eigenvalue weighted by molar-refractivity contribution is 9.10. The molecule has 0 saturated carbocycles. The van der Waals surface area contributed by atoms with E-state index in [-0.39, 0.29) is 0 Å². The Morgan fingerprint density at radius 3 is 2.62 bits per heavy atom. The minimum atomic E-state index is 0.344. The van der Waals surface area contributed by atoms with Crippen LogP contribution in [0.25, 0.3) is 0 Å². The Morgan fingerprint density at radius 2 is 1.86 bits per heavy atom. The van der Waals surface area contributed by atoms with Crippen LogP contribution in [0.4, 0.5) is 11.4 Å². The van der Waals surface area contributed by atoms with Crippen LogP contribution in [0.15, 0.2) is 40.9 Å². The van der Waals surface area contributed by atoms with Crippen LogP contribution in [0.3, 0.4) is 0 Å². The van der Waals surface area contributed by atoms with Gasteiger partial charge in [0.1, 0.15) is 18.2 Å². The summed E-state index contributed by atoms with van der Waals surface area (Å²) >= 11 is 8.51. The van der Waals surface area contributed by atoms with Crippen molar-refractivity contribution in [3.8, 4) is 11.5 Å². The third-order valence-corrected chi connectivity index (χ3v) is 3.78. The summed E-state index contributed by atoms with van der Waals surface area (Å²) in [6.07, 6.45) is 0. The summed E-state index contributed by atoms with van der Waals surface area (Å²) in [5.41, 5.74) is 8.30. The maximum absolute atomic E-state index is 5.77. The van der Waals surface area contributed by atoms with Crippen LogP contribution in [0, 0.1) is 0 Å². The van der Waals surface area contributed by atoms with Gasteiger partial charge in [0.2, 0.25) is 0 Å². The lowest BCUT2D eigenvalue weighted by molar-refractivity contribution is 0.171. The van der Waals surface area contributed by atoms with Gasteiger partial charge in [0.15, 0.2) is 11.5 Å². The van der Waals surface area contributed by atoms with Crippen LogP contribution in [0.1, 0.15) is 5.56 Å². The van der Waals surface area contributed by atoms with Crippen molar-refractivity contribution in [1.82, 2.24) is 0 Å². The van der Waals surface area contributed by atoms with Crippen LogP contribution in [0.2, 0.25) is 0 Å². The molecule has 1 aliphatic rings. The number of nitrogens with two attached hydrogens (primary N) is 1. The second-order valence-corrected chi connectivity index (χ2v) is 5.89. The van der Waals surface area contributed by atoms with Crippen LogP contribution in [-0.2, 0) is 0 Å². The molecule has 0 bridgehead atoms. The van der Waals surface area contributed by atoms with Crippen molar-refractivity contribution >= 4 is 44.5 Å². The third-order valence-electron chi connectivity index (χ3n) is 3.07. The Hall–Kier alpha value is -1.79. The molecule has 2 aromatic rings.